The molecule has 152 valence electrons. The first-order chi connectivity index (χ1) is 11.9. The van der Waals surface area contributed by atoms with E-state index in [-0.39, 0.29) is 37.2 Å². The van der Waals surface area contributed by atoms with E-state index in [1.54, 1.807) is 5.19 Å². The normalized spacial score (nSPS) is 33.1. The number of benzene rings is 1. The summed E-state index contributed by atoms with van der Waals surface area (Å²) in [7, 11) is -1.55. The SMILES string of the molecule is Cc1cc(C)cc([Si](C)(C)C2C3C=CC=CC3C3CCC[CH]([Ti+3])C32)c1.[Cl-].[Cl-].[Cl-]. The van der Waals surface area contributed by atoms with Crippen molar-refractivity contribution in [2.75, 3.05) is 0 Å². The van der Waals surface area contributed by atoms with Gasteiger partial charge in [0.25, 0.3) is 0 Å². The van der Waals surface area contributed by atoms with E-state index in [4.69, 9.17) is 0 Å². The predicted molar refractivity (Wildman–Crippen MR) is 107 cm³/mol. The van der Waals surface area contributed by atoms with E-state index in [2.05, 4.69) is 89.9 Å². The number of hydrogen-bond donors (Lipinski definition) is 0. The average Bonchev–Trinajstić information content (AvgIpc) is 2.91. The van der Waals surface area contributed by atoms with Gasteiger partial charge in [0, 0.05) is 0 Å². The van der Waals surface area contributed by atoms with Crippen molar-refractivity contribution >= 4 is 13.3 Å². The van der Waals surface area contributed by atoms with Crippen LogP contribution in [0.15, 0.2) is 42.5 Å². The maximum Gasteiger partial charge on any atom is -1.00 e. The minimum Gasteiger partial charge on any atom is -1.00 e. The molecule has 0 aromatic heterocycles. The number of hydrogen-bond acceptors (Lipinski definition) is 0. The van der Waals surface area contributed by atoms with Gasteiger partial charge < -0.3 is 37.2 Å². The molecule has 0 nitrogen and oxygen atoms in total. The largest absolute Gasteiger partial charge is 1.00 e. The van der Waals surface area contributed by atoms with Crippen molar-refractivity contribution in [1.82, 2.24) is 0 Å². The van der Waals surface area contributed by atoms with Gasteiger partial charge in [-0.05, 0) is 0 Å². The van der Waals surface area contributed by atoms with Gasteiger partial charge in [-0.2, -0.15) is 0 Å². The maximum absolute atomic E-state index is 2.67. The van der Waals surface area contributed by atoms with Crippen LogP contribution in [0.2, 0.25) is 22.9 Å². The molecule has 28 heavy (non-hydrogen) atoms. The number of fused-ring (bicyclic) bond motifs is 3. The van der Waals surface area contributed by atoms with Gasteiger partial charge in [-0.15, -0.1) is 0 Å². The molecule has 1 aromatic carbocycles. The van der Waals surface area contributed by atoms with Crippen LogP contribution >= 0.6 is 0 Å². The van der Waals surface area contributed by atoms with Gasteiger partial charge in [-0.3, -0.25) is 0 Å². The zero-order valence-corrected chi connectivity index (χ0v) is 22.1. The van der Waals surface area contributed by atoms with E-state index in [0.29, 0.717) is 0 Å². The Morgan fingerprint density at radius 1 is 0.857 bits per heavy atom. The third kappa shape index (κ3) is 4.56. The van der Waals surface area contributed by atoms with E-state index < -0.39 is 8.07 Å². The Hall–Kier alpha value is 0.501. The predicted octanol–water partition coefficient (Wildman–Crippen LogP) is -3.28. The summed E-state index contributed by atoms with van der Waals surface area (Å²) in [4.78, 5) is 0. The molecule has 2 saturated carbocycles. The summed E-state index contributed by atoms with van der Waals surface area (Å²) >= 11 is 2.56. The molecule has 0 N–H and O–H groups in total. The van der Waals surface area contributed by atoms with Crippen LogP contribution in [-0.4, -0.2) is 8.07 Å². The molecule has 0 amide bonds. The van der Waals surface area contributed by atoms with Gasteiger partial charge >= 0.3 is 167 Å². The molecule has 4 rings (SSSR count). The third-order valence-electron chi connectivity index (χ3n) is 7.36. The van der Waals surface area contributed by atoms with Gasteiger partial charge in [0.15, 0.2) is 0 Å². The summed E-state index contributed by atoms with van der Waals surface area (Å²) in [5.74, 6) is 3.44. The number of rotatable bonds is 2. The van der Waals surface area contributed by atoms with Crippen LogP contribution in [-0.2, 0) is 20.4 Å². The average molecular weight is 490 g/mol. The van der Waals surface area contributed by atoms with Gasteiger partial charge in [-0.25, -0.2) is 0 Å². The van der Waals surface area contributed by atoms with E-state index >= 15 is 0 Å². The number of aryl methyl sites for hydroxylation is 2. The Kier molecular flexibility index (Phi) is 9.67. The Labute approximate surface area is 203 Å². The van der Waals surface area contributed by atoms with Gasteiger partial charge in [-0.1, -0.05) is 0 Å². The first-order valence-electron chi connectivity index (χ1n) is 10.0. The zero-order valence-electron chi connectivity index (χ0n) is 17.3. The summed E-state index contributed by atoms with van der Waals surface area (Å²) in [6, 6.07) is 7.36. The standard InChI is InChI=1S/C23H31Si.3ClH.Ti/c1-16-13-17(2)15-18(14-16)24(3,4)23-21-11-7-5-9-19(21)20-10-6-8-12-22(20)23;;;;/h5,7,9,11-15,19-23H,6,8,10H2,1-4H3;3*1H;/q;;;;+3/p-3. The van der Waals surface area contributed by atoms with Crippen LogP contribution in [0.25, 0.3) is 0 Å². The fraction of sp³-hybridized carbons (Fsp3) is 0.565. The molecule has 5 heteroatoms. The van der Waals surface area contributed by atoms with Gasteiger partial charge in [0.1, 0.15) is 0 Å². The molecule has 0 bridgehead atoms. The smallest absolute Gasteiger partial charge is 1.00 e. The Morgan fingerprint density at radius 3 is 2.04 bits per heavy atom. The molecule has 0 aliphatic heterocycles. The number of allylic oxidation sites excluding steroid dienone is 4. The molecule has 6 unspecified atom stereocenters. The van der Waals surface area contributed by atoms with Crippen molar-refractivity contribution in [2.45, 2.75) is 56.0 Å². The summed E-state index contributed by atoms with van der Waals surface area (Å²) in [5, 5.41) is 1.69. The molecular formula is C23H31Cl3SiTi. The number of halogens is 3. The summed E-state index contributed by atoms with van der Waals surface area (Å²) in [6.45, 7) is 9.87. The summed E-state index contributed by atoms with van der Waals surface area (Å²) in [5.41, 5.74) is 3.77. The summed E-state index contributed by atoms with van der Waals surface area (Å²) in [6.07, 6.45) is 14.2. The molecule has 0 heterocycles. The van der Waals surface area contributed by atoms with Crippen molar-refractivity contribution < 1.29 is 57.7 Å². The van der Waals surface area contributed by atoms with Crippen molar-refractivity contribution in [2.24, 2.45) is 23.7 Å². The van der Waals surface area contributed by atoms with Gasteiger partial charge in [0.05, 0.1) is 0 Å². The van der Waals surface area contributed by atoms with Crippen LogP contribution in [0.4, 0.5) is 0 Å². The van der Waals surface area contributed by atoms with E-state index in [9.17, 15) is 0 Å². The Morgan fingerprint density at radius 2 is 1.43 bits per heavy atom. The second-order valence-electron chi connectivity index (χ2n) is 9.33. The van der Waals surface area contributed by atoms with Crippen LogP contribution in [0.1, 0.15) is 30.4 Å². The second-order valence-corrected chi connectivity index (χ2v) is 15.2. The first kappa shape index (κ1) is 26.5. The molecular weight excluding hydrogens is 459 g/mol. The van der Waals surface area contributed by atoms with E-state index in [0.717, 1.165) is 33.4 Å². The van der Waals surface area contributed by atoms with Crippen LogP contribution in [0, 0.1) is 37.5 Å². The topological polar surface area (TPSA) is 0 Å². The van der Waals surface area contributed by atoms with E-state index in [1.807, 2.05) is 0 Å². The monoisotopic (exact) mass is 488 g/mol. The van der Waals surface area contributed by atoms with Crippen molar-refractivity contribution in [3.05, 3.63) is 53.6 Å². The summed E-state index contributed by atoms with van der Waals surface area (Å²) < 4.78 is 0.897. The Balaban J connectivity index is 0.00000131. The maximum atomic E-state index is 2.67. The quantitative estimate of drug-likeness (QED) is 0.383. The molecule has 0 saturated heterocycles. The fourth-order valence-electron chi connectivity index (χ4n) is 6.41. The van der Waals surface area contributed by atoms with Crippen molar-refractivity contribution in [1.29, 1.82) is 0 Å². The molecule has 0 radical (unpaired) electrons. The second kappa shape index (κ2) is 10.2. The minimum atomic E-state index is -1.55. The zero-order chi connectivity index (χ0) is 17.8. The van der Waals surface area contributed by atoms with Gasteiger partial charge in [0.2, 0.25) is 0 Å². The first-order valence-corrected chi connectivity index (χ1v) is 14.0. The molecule has 3 aliphatic carbocycles. The van der Waals surface area contributed by atoms with Crippen molar-refractivity contribution in [3.63, 3.8) is 0 Å². The van der Waals surface area contributed by atoms with Crippen molar-refractivity contribution in [3.8, 4) is 0 Å². The molecule has 3 aliphatic rings. The fourth-order valence-corrected chi connectivity index (χ4v) is 12.1. The molecule has 1 aromatic rings. The minimum absolute atomic E-state index is 0. The molecule has 0 spiro atoms. The third-order valence-corrected chi connectivity index (χ3v) is 12.6. The van der Waals surface area contributed by atoms with Crippen LogP contribution in [0.5, 0.6) is 0 Å². The van der Waals surface area contributed by atoms with Crippen LogP contribution in [0.3, 0.4) is 0 Å². The Bertz CT molecular complexity index is 710. The molecule has 2 fully saturated rings. The van der Waals surface area contributed by atoms with Crippen LogP contribution < -0.4 is 42.4 Å². The molecule has 6 atom stereocenters. The van der Waals surface area contributed by atoms with E-state index in [1.165, 1.54) is 30.4 Å².